The highest BCUT2D eigenvalue weighted by Crippen LogP contribution is 2.22. The van der Waals surface area contributed by atoms with Gasteiger partial charge in [0.25, 0.3) is 0 Å². The van der Waals surface area contributed by atoms with Gasteiger partial charge in [0.1, 0.15) is 5.88 Å². The van der Waals surface area contributed by atoms with Gasteiger partial charge < -0.3 is 16.0 Å². The zero-order valence-electron chi connectivity index (χ0n) is 15.8. The number of hydrogen-bond acceptors (Lipinski definition) is 5. The minimum atomic E-state index is -0.310. The first-order valence-electron chi connectivity index (χ1n) is 8.95. The predicted octanol–water partition coefficient (Wildman–Crippen LogP) is 3.49. The minimum absolute atomic E-state index is 0.0468. The number of nitrogens with one attached hydrogen (secondary N) is 3. The molecule has 0 fully saturated rings. The van der Waals surface area contributed by atoms with Crippen molar-refractivity contribution in [1.82, 2.24) is 5.32 Å². The number of nitrogens with zero attached hydrogens (tertiary/aromatic N) is 1. The topological polar surface area (TPSA) is 94.4 Å². The van der Waals surface area contributed by atoms with E-state index in [-0.39, 0.29) is 29.5 Å². The largest absolute Gasteiger partial charge is 0.381 e. The molecule has 0 radical (unpaired) electrons. The van der Waals surface area contributed by atoms with Crippen molar-refractivity contribution in [2.45, 2.75) is 33.2 Å². The molecule has 3 N–H and O–H groups in total. The number of anilines is 1. The van der Waals surface area contributed by atoms with Gasteiger partial charge in [-0.25, -0.2) is 4.99 Å². The van der Waals surface area contributed by atoms with Crippen molar-refractivity contribution in [1.29, 1.82) is 5.41 Å². The fourth-order valence-corrected chi connectivity index (χ4v) is 2.88. The van der Waals surface area contributed by atoms with Gasteiger partial charge in [0.2, 0.25) is 11.7 Å². The molecule has 144 valence electrons. The van der Waals surface area contributed by atoms with Crippen molar-refractivity contribution >= 4 is 46.1 Å². The summed E-state index contributed by atoms with van der Waals surface area (Å²) >= 11 is 5.49. The first-order chi connectivity index (χ1) is 12.8. The Hall–Kier alpha value is -2.47. The molecular weight excluding hydrogens is 364 g/mol. The number of ketones is 1. The quantitative estimate of drug-likeness (QED) is 0.624. The Balaban J connectivity index is 2.07. The number of hydrogen-bond donors (Lipinski definition) is 3. The lowest BCUT2D eigenvalue weighted by molar-refractivity contribution is -0.118. The minimum Gasteiger partial charge on any atom is -0.381 e. The summed E-state index contributed by atoms with van der Waals surface area (Å²) in [5, 5.41) is 14.2. The summed E-state index contributed by atoms with van der Waals surface area (Å²) in [7, 11) is 0. The van der Waals surface area contributed by atoms with Crippen LogP contribution in [-0.4, -0.2) is 41.6 Å². The van der Waals surface area contributed by atoms with Crippen LogP contribution in [0.1, 0.15) is 27.2 Å². The van der Waals surface area contributed by atoms with Crippen LogP contribution in [0.15, 0.2) is 40.9 Å². The molecule has 2 unspecified atom stereocenters. The van der Waals surface area contributed by atoms with Crippen molar-refractivity contribution in [3.8, 4) is 0 Å². The van der Waals surface area contributed by atoms with E-state index in [9.17, 15) is 9.59 Å². The van der Waals surface area contributed by atoms with Gasteiger partial charge in [-0.05, 0) is 49.3 Å². The van der Waals surface area contributed by atoms with Gasteiger partial charge >= 0.3 is 0 Å². The van der Waals surface area contributed by atoms with Gasteiger partial charge in [-0.1, -0.05) is 13.8 Å². The van der Waals surface area contributed by atoms with E-state index in [4.69, 9.17) is 17.0 Å². The molecule has 0 saturated heterocycles. The summed E-state index contributed by atoms with van der Waals surface area (Å²) in [6.45, 7) is 6.12. The number of alkyl halides is 1. The number of rotatable bonds is 7. The SMILES string of the molecule is CCC(CNC(=O)CCl)Nc1ccc(N=C2C(=O)C=C(C)C(=N)C2C)cc1. The van der Waals surface area contributed by atoms with Crippen LogP contribution in [0.5, 0.6) is 0 Å². The van der Waals surface area contributed by atoms with Gasteiger partial charge in [-0.15, -0.1) is 11.6 Å². The smallest absolute Gasteiger partial charge is 0.234 e. The second kappa shape index (κ2) is 9.46. The first-order valence-corrected chi connectivity index (χ1v) is 9.48. The Morgan fingerprint density at radius 2 is 2.00 bits per heavy atom. The van der Waals surface area contributed by atoms with E-state index in [0.29, 0.717) is 29.2 Å². The summed E-state index contributed by atoms with van der Waals surface area (Å²) in [5.41, 5.74) is 3.08. The maximum absolute atomic E-state index is 12.2. The molecule has 1 aromatic rings. The number of amides is 1. The second-order valence-electron chi connectivity index (χ2n) is 6.56. The van der Waals surface area contributed by atoms with Crippen molar-refractivity contribution in [3.05, 3.63) is 35.9 Å². The summed E-state index contributed by atoms with van der Waals surface area (Å²) in [6.07, 6.45) is 2.31. The van der Waals surface area contributed by atoms with Crippen molar-refractivity contribution in [3.63, 3.8) is 0 Å². The number of halogens is 1. The summed E-state index contributed by atoms with van der Waals surface area (Å²) < 4.78 is 0. The lowest BCUT2D eigenvalue weighted by atomic mass is 9.86. The average molecular weight is 389 g/mol. The van der Waals surface area contributed by atoms with Crippen LogP contribution in [0.2, 0.25) is 0 Å². The van der Waals surface area contributed by atoms with Gasteiger partial charge in [0.15, 0.2) is 0 Å². The maximum Gasteiger partial charge on any atom is 0.234 e. The highest BCUT2D eigenvalue weighted by Gasteiger charge is 2.27. The predicted molar refractivity (Wildman–Crippen MR) is 111 cm³/mol. The van der Waals surface area contributed by atoms with E-state index in [1.54, 1.807) is 6.92 Å². The summed E-state index contributed by atoms with van der Waals surface area (Å²) in [5.74, 6) is -0.687. The molecule has 1 amide bonds. The highest BCUT2D eigenvalue weighted by atomic mass is 35.5. The second-order valence-corrected chi connectivity index (χ2v) is 6.83. The van der Waals surface area contributed by atoms with Gasteiger partial charge in [0, 0.05) is 29.9 Å². The normalized spacial score (nSPS) is 19.6. The average Bonchev–Trinajstić information content (AvgIpc) is 2.67. The number of carbonyl (C=O) groups is 2. The molecule has 0 saturated carbocycles. The summed E-state index contributed by atoms with van der Waals surface area (Å²) in [4.78, 5) is 27.9. The van der Waals surface area contributed by atoms with Crippen molar-refractivity contribution in [2.75, 3.05) is 17.7 Å². The third-order valence-corrected chi connectivity index (χ3v) is 4.76. The molecule has 27 heavy (non-hydrogen) atoms. The molecule has 1 aliphatic rings. The molecule has 2 rings (SSSR count). The van der Waals surface area contributed by atoms with Gasteiger partial charge in [0.05, 0.1) is 11.4 Å². The van der Waals surface area contributed by atoms with Crippen molar-refractivity contribution < 1.29 is 9.59 Å². The lowest BCUT2D eigenvalue weighted by Gasteiger charge is -2.20. The van der Waals surface area contributed by atoms with Crippen LogP contribution in [0.25, 0.3) is 0 Å². The molecule has 2 atom stereocenters. The molecular formula is C20H25ClN4O2. The van der Waals surface area contributed by atoms with Gasteiger partial charge in [-0.3, -0.25) is 9.59 Å². The van der Waals surface area contributed by atoms with E-state index in [2.05, 4.69) is 15.6 Å². The molecule has 0 heterocycles. The van der Waals surface area contributed by atoms with E-state index in [1.165, 1.54) is 6.08 Å². The third kappa shape index (κ3) is 5.50. The zero-order valence-corrected chi connectivity index (χ0v) is 16.6. The van der Waals surface area contributed by atoms with Crippen LogP contribution < -0.4 is 10.6 Å². The monoisotopic (exact) mass is 388 g/mol. The third-order valence-electron chi connectivity index (χ3n) is 4.52. The molecule has 0 aliphatic heterocycles. The van der Waals surface area contributed by atoms with Crippen molar-refractivity contribution in [2.24, 2.45) is 10.9 Å². The van der Waals surface area contributed by atoms with Crippen LogP contribution in [0.4, 0.5) is 11.4 Å². The van der Waals surface area contributed by atoms with E-state index in [1.807, 2.05) is 38.1 Å². The maximum atomic E-state index is 12.2. The Kier molecular flexibility index (Phi) is 7.30. The van der Waals surface area contributed by atoms with Crippen LogP contribution >= 0.6 is 11.6 Å². The molecule has 6 nitrogen and oxygen atoms in total. The Morgan fingerprint density at radius 1 is 1.33 bits per heavy atom. The highest BCUT2D eigenvalue weighted by molar-refractivity contribution is 6.51. The lowest BCUT2D eigenvalue weighted by Crippen LogP contribution is -2.36. The fraction of sp³-hybridized carbons (Fsp3) is 0.400. The molecule has 0 spiro atoms. The number of benzene rings is 1. The van der Waals surface area contributed by atoms with E-state index >= 15 is 0 Å². The van der Waals surface area contributed by atoms with E-state index in [0.717, 1.165) is 12.1 Å². The molecule has 1 aliphatic carbocycles. The Labute approximate surface area is 164 Å². The molecule has 7 heteroatoms. The van der Waals surface area contributed by atoms with Gasteiger partial charge in [-0.2, -0.15) is 0 Å². The van der Waals surface area contributed by atoms with Crippen LogP contribution in [0, 0.1) is 11.3 Å². The standard InChI is InChI=1S/C20H25ClN4O2/c1-4-14(11-23-18(27)10-21)24-15-5-7-16(8-6-15)25-20-13(3)19(22)12(2)9-17(20)26/h5-9,13-14,22,24H,4,10-11H2,1-3H3,(H,23,27). The number of allylic oxidation sites excluding steroid dienone is 2. The number of carbonyl (C=O) groups excluding carboxylic acids is 2. The fourth-order valence-electron chi connectivity index (χ4n) is 2.78. The Morgan fingerprint density at radius 3 is 2.59 bits per heavy atom. The molecule has 0 bridgehead atoms. The van der Waals surface area contributed by atoms with Crippen LogP contribution in [0.3, 0.4) is 0 Å². The molecule has 1 aromatic carbocycles. The zero-order chi connectivity index (χ0) is 20.0. The Bertz CT molecular complexity index is 784. The first kappa shape index (κ1) is 20.8. The molecule has 0 aromatic heterocycles. The summed E-state index contributed by atoms with van der Waals surface area (Å²) in [6, 6.07) is 7.51. The van der Waals surface area contributed by atoms with E-state index < -0.39 is 0 Å². The number of aliphatic imine (C=N–C) groups is 1. The van der Waals surface area contributed by atoms with Crippen LogP contribution in [-0.2, 0) is 9.59 Å².